The highest BCUT2D eigenvalue weighted by Crippen LogP contribution is 2.14. The molecule has 0 fully saturated rings. The van der Waals surface area contributed by atoms with E-state index in [9.17, 15) is 14.0 Å². The van der Waals surface area contributed by atoms with Crippen molar-refractivity contribution in [3.63, 3.8) is 0 Å². The molecule has 5 nitrogen and oxygen atoms in total. The fourth-order valence-electron chi connectivity index (χ4n) is 2.07. The molecule has 6 heteroatoms. The largest absolute Gasteiger partial charge is 0.484 e. The molecule has 2 aromatic carbocycles. The molecule has 1 atom stereocenters. The fourth-order valence-corrected chi connectivity index (χ4v) is 2.07. The van der Waals surface area contributed by atoms with Crippen LogP contribution in [0, 0.1) is 5.82 Å². The Morgan fingerprint density at radius 3 is 2.29 bits per heavy atom. The summed E-state index contributed by atoms with van der Waals surface area (Å²) in [6.07, 6.45) is 0. The molecule has 0 aliphatic carbocycles. The van der Waals surface area contributed by atoms with Crippen molar-refractivity contribution < 1.29 is 23.5 Å². The summed E-state index contributed by atoms with van der Waals surface area (Å²) in [4.78, 5) is 23.2. The number of halogens is 1. The Morgan fingerprint density at radius 1 is 1.08 bits per heavy atom. The third-order valence-electron chi connectivity index (χ3n) is 3.39. The molecule has 0 saturated carbocycles. The zero-order valence-corrected chi connectivity index (χ0v) is 13.4. The van der Waals surface area contributed by atoms with Gasteiger partial charge in [-0.3, -0.25) is 4.79 Å². The minimum absolute atomic E-state index is 0.164. The highest BCUT2D eigenvalue weighted by molar-refractivity contribution is 5.89. The van der Waals surface area contributed by atoms with Gasteiger partial charge in [-0.05, 0) is 48.9 Å². The molecule has 0 unspecified atom stereocenters. The standard InChI is InChI=1S/C18H18FNO4/c1-12(13-3-7-15(19)8-4-13)20-17(21)11-24-16-9-5-14(6-10-16)18(22)23-2/h3-10,12H,11H2,1-2H3,(H,20,21)/t12-/m1/s1. The second kappa shape index (κ2) is 8.10. The monoisotopic (exact) mass is 331 g/mol. The van der Waals surface area contributed by atoms with Crippen LogP contribution >= 0.6 is 0 Å². The molecule has 24 heavy (non-hydrogen) atoms. The van der Waals surface area contributed by atoms with Crippen LogP contribution in [-0.4, -0.2) is 25.6 Å². The lowest BCUT2D eigenvalue weighted by molar-refractivity contribution is -0.123. The number of nitrogens with one attached hydrogen (secondary N) is 1. The first-order chi connectivity index (χ1) is 11.5. The number of amides is 1. The van der Waals surface area contributed by atoms with E-state index in [-0.39, 0.29) is 24.4 Å². The SMILES string of the molecule is COC(=O)c1ccc(OCC(=O)N[C@H](C)c2ccc(F)cc2)cc1. The molecule has 0 radical (unpaired) electrons. The van der Waals surface area contributed by atoms with E-state index in [1.807, 2.05) is 0 Å². The first-order valence-corrected chi connectivity index (χ1v) is 7.35. The lowest BCUT2D eigenvalue weighted by Gasteiger charge is -2.14. The number of hydrogen-bond donors (Lipinski definition) is 1. The number of hydrogen-bond acceptors (Lipinski definition) is 4. The number of rotatable bonds is 6. The van der Waals surface area contributed by atoms with Crippen molar-refractivity contribution >= 4 is 11.9 Å². The predicted octanol–water partition coefficient (Wildman–Crippen LogP) is 2.87. The molecular formula is C18H18FNO4. The van der Waals surface area contributed by atoms with Crippen molar-refractivity contribution in [1.29, 1.82) is 0 Å². The van der Waals surface area contributed by atoms with Crippen LogP contribution in [0.15, 0.2) is 48.5 Å². The average Bonchev–Trinajstić information content (AvgIpc) is 2.60. The van der Waals surface area contributed by atoms with Gasteiger partial charge in [0.15, 0.2) is 6.61 Å². The van der Waals surface area contributed by atoms with Crippen LogP contribution in [0.5, 0.6) is 5.75 Å². The number of carbonyl (C=O) groups excluding carboxylic acids is 2. The maximum atomic E-state index is 12.9. The summed E-state index contributed by atoms with van der Waals surface area (Å²) in [5.41, 5.74) is 1.20. The van der Waals surface area contributed by atoms with Gasteiger partial charge in [0.25, 0.3) is 5.91 Å². The van der Waals surface area contributed by atoms with E-state index in [1.54, 1.807) is 43.3 Å². The van der Waals surface area contributed by atoms with Gasteiger partial charge in [-0.25, -0.2) is 9.18 Å². The second-order valence-electron chi connectivity index (χ2n) is 5.15. The third-order valence-corrected chi connectivity index (χ3v) is 3.39. The van der Waals surface area contributed by atoms with E-state index in [0.717, 1.165) is 5.56 Å². The van der Waals surface area contributed by atoms with E-state index in [2.05, 4.69) is 10.1 Å². The minimum Gasteiger partial charge on any atom is -0.484 e. The Balaban J connectivity index is 1.84. The zero-order valence-electron chi connectivity index (χ0n) is 13.4. The lowest BCUT2D eigenvalue weighted by atomic mass is 10.1. The van der Waals surface area contributed by atoms with Gasteiger partial charge in [0, 0.05) is 0 Å². The second-order valence-corrected chi connectivity index (χ2v) is 5.15. The highest BCUT2D eigenvalue weighted by atomic mass is 19.1. The summed E-state index contributed by atoms with van der Waals surface area (Å²) in [5.74, 6) is -0.598. The zero-order chi connectivity index (χ0) is 17.5. The van der Waals surface area contributed by atoms with Gasteiger partial charge >= 0.3 is 5.97 Å². The number of methoxy groups -OCH3 is 1. The van der Waals surface area contributed by atoms with Crippen LogP contribution in [0.4, 0.5) is 4.39 Å². The van der Waals surface area contributed by atoms with Gasteiger partial charge in [-0.1, -0.05) is 12.1 Å². The molecule has 2 aromatic rings. The van der Waals surface area contributed by atoms with Crippen LogP contribution in [0.1, 0.15) is 28.9 Å². The van der Waals surface area contributed by atoms with E-state index < -0.39 is 5.97 Å². The first-order valence-electron chi connectivity index (χ1n) is 7.35. The number of carbonyl (C=O) groups is 2. The normalized spacial score (nSPS) is 11.5. The van der Waals surface area contributed by atoms with Crippen molar-refractivity contribution in [2.75, 3.05) is 13.7 Å². The summed E-state index contributed by atoms with van der Waals surface area (Å²) in [7, 11) is 1.30. The highest BCUT2D eigenvalue weighted by Gasteiger charge is 2.11. The van der Waals surface area contributed by atoms with Crippen molar-refractivity contribution in [3.05, 3.63) is 65.5 Å². The van der Waals surface area contributed by atoms with Crippen molar-refractivity contribution in [3.8, 4) is 5.75 Å². The number of esters is 1. The molecule has 1 amide bonds. The van der Waals surface area contributed by atoms with Gasteiger partial charge in [0.05, 0.1) is 18.7 Å². The van der Waals surface area contributed by atoms with Crippen LogP contribution < -0.4 is 10.1 Å². The summed E-state index contributed by atoms with van der Waals surface area (Å²) < 4.78 is 22.9. The Morgan fingerprint density at radius 2 is 1.71 bits per heavy atom. The summed E-state index contributed by atoms with van der Waals surface area (Å²) >= 11 is 0. The summed E-state index contributed by atoms with van der Waals surface area (Å²) in [6.45, 7) is 1.64. The molecule has 0 spiro atoms. The van der Waals surface area contributed by atoms with Crippen LogP contribution in [0.25, 0.3) is 0 Å². The van der Waals surface area contributed by atoms with Crippen LogP contribution in [-0.2, 0) is 9.53 Å². The van der Waals surface area contributed by atoms with Crippen LogP contribution in [0.2, 0.25) is 0 Å². The fraction of sp³-hybridized carbons (Fsp3) is 0.222. The van der Waals surface area contributed by atoms with E-state index in [0.29, 0.717) is 11.3 Å². The number of benzene rings is 2. The lowest BCUT2D eigenvalue weighted by Crippen LogP contribution is -2.31. The minimum atomic E-state index is -0.438. The van der Waals surface area contributed by atoms with E-state index in [4.69, 9.17) is 4.74 Å². The van der Waals surface area contributed by atoms with Crippen LogP contribution in [0.3, 0.4) is 0 Å². The van der Waals surface area contributed by atoms with Gasteiger partial charge in [-0.15, -0.1) is 0 Å². The molecule has 2 rings (SSSR count). The van der Waals surface area contributed by atoms with Crippen molar-refractivity contribution in [1.82, 2.24) is 5.32 Å². The maximum absolute atomic E-state index is 12.9. The maximum Gasteiger partial charge on any atom is 0.337 e. The molecular weight excluding hydrogens is 313 g/mol. The predicted molar refractivity (Wildman–Crippen MR) is 86.2 cm³/mol. The first kappa shape index (κ1) is 17.5. The molecule has 0 aliphatic rings. The third kappa shape index (κ3) is 4.81. The number of ether oxygens (including phenoxy) is 2. The smallest absolute Gasteiger partial charge is 0.337 e. The summed E-state index contributed by atoms with van der Waals surface area (Å²) in [5, 5.41) is 2.76. The molecule has 0 bridgehead atoms. The summed E-state index contributed by atoms with van der Waals surface area (Å²) in [6, 6.07) is 11.9. The van der Waals surface area contributed by atoms with Gasteiger partial charge in [0.1, 0.15) is 11.6 Å². The van der Waals surface area contributed by atoms with Gasteiger partial charge in [0.2, 0.25) is 0 Å². The molecule has 0 aliphatic heterocycles. The van der Waals surface area contributed by atoms with E-state index >= 15 is 0 Å². The molecule has 126 valence electrons. The Labute approximate surface area is 139 Å². The Hall–Kier alpha value is -2.89. The average molecular weight is 331 g/mol. The quantitative estimate of drug-likeness (QED) is 0.827. The molecule has 0 aromatic heterocycles. The van der Waals surface area contributed by atoms with Crippen molar-refractivity contribution in [2.24, 2.45) is 0 Å². The topological polar surface area (TPSA) is 64.6 Å². The van der Waals surface area contributed by atoms with E-state index in [1.165, 1.54) is 19.2 Å². The van der Waals surface area contributed by atoms with Gasteiger partial charge in [-0.2, -0.15) is 0 Å². The van der Waals surface area contributed by atoms with Gasteiger partial charge < -0.3 is 14.8 Å². The molecule has 1 N–H and O–H groups in total. The Bertz CT molecular complexity index is 698. The Kier molecular flexibility index (Phi) is 5.89. The molecule has 0 saturated heterocycles. The molecule has 0 heterocycles. The van der Waals surface area contributed by atoms with Crippen molar-refractivity contribution in [2.45, 2.75) is 13.0 Å².